The summed E-state index contributed by atoms with van der Waals surface area (Å²) >= 11 is 8.11. The van der Waals surface area contributed by atoms with Gasteiger partial charge in [0.2, 0.25) is 0 Å². The minimum absolute atomic E-state index is 0.539. The molecule has 0 aliphatic heterocycles. The summed E-state index contributed by atoms with van der Waals surface area (Å²) in [6.45, 7) is 8.38. The molecule has 3 rings (SSSR count). The van der Waals surface area contributed by atoms with Crippen molar-refractivity contribution in [3.05, 3.63) is 57.4 Å². The first kappa shape index (κ1) is 16.2. The zero-order chi connectivity index (χ0) is 16.6. The largest absolute Gasteiger partial charge is 0.246 e. The first-order chi connectivity index (χ1) is 11.0. The summed E-state index contributed by atoms with van der Waals surface area (Å²) in [6, 6.07) is 8.59. The van der Waals surface area contributed by atoms with Gasteiger partial charge < -0.3 is 0 Å². The number of nitrogens with zero attached hydrogens (tertiary/aromatic N) is 2. The topological polar surface area (TPSA) is 25.8 Å². The summed E-state index contributed by atoms with van der Waals surface area (Å²) in [6.07, 6.45) is 2.80. The molecule has 0 saturated heterocycles. The SMILES string of the molecule is CCc1nc(C)c(-c2cnc(Cl)c(-c3cc(C)cc(C)c3)c2)s1. The van der Waals surface area contributed by atoms with E-state index in [4.69, 9.17) is 11.6 Å². The molecule has 0 saturated carbocycles. The van der Waals surface area contributed by atoms with E-state index in [-0.39, 0.29) is 0 Å². The molecular weight excluding hydrogens is 324 g/mol. The summed E-state index contributed by atoms with van der Waals surface area (Å²) in [5.41, 5.74) is 6.68. The fourth-order valence-electron chi connectivity index (χ4n) is 2.78. The number of aromatic nitrogens is 2. The molecule has 0 aliphatic carbocycles. The highest BCUT2D eigenvalue weighted by atomic mass is 35.5. The predicted octanol–water partition coefficient (Wildman–Crippen LogP) is 6.01. The van der Waals surface area contributed by atoms with Gasteiger partial charge in [-0.1, -0.05) is 47.9 Å². The highest BCUT2D eigenvalue weighted by Crippen LogP contribution is 2.35. The molecule has 0 aliphatic rings. The molecule has 0 bridgehead atoms. The lowest BCUT2D eigenvalue weighted by molar-refractivity contribution is 1.07. The maximum atomic E-state index is 6.37. The molecule has 2 aromatic heterocycles. The summed E-state index contributed by atoms with van der Waals surface area (Å²) < 4.78 is 0. The molecule has 0 unspecified atom stereocenters. The lowest BCUT2D eigenvalue weighted by Gasteiger charge is -2.09. The average Bonchev–Trinajstić information content (AvgIpc) is 2.88. The van der Waals surface area contributed by atoms with Crippen molar-refractivity contribution in [2.75, 3.05) is 0 Å². The van der Waals surface area contributed by atoms with Crippen molar-refractivity contribution in [2.45, 2.75) is 34.1 Å². The zero-order valence-electron chi connectivity index (χ0n) is 13.8. The second kappa shape index (κ2) is 6.42. The quantitative estimate of drug-likeness (QED) is 0.544. The number of halogens is 1. The fraction of sp³-hybridized carbons (Fsp3) is 0.263. The molecule has 2 heterocycles. The van der Waals surface area contributed by atoms with Crippen LogP contribution in [0.3, 0.4) is 0 Å². The monoisotopic (exact) mass is 342 g/mol. The molecule has 0 fully saturated rings. The third-order valence-electron chi connectivity index (χ3n) is 3.78. The summed E-state index contributed by atoms with van der Waals surface area (Å²) in [4.78, 5) is 10.2. The first-order valence-corrected chi connectivity index (χ1v) is 8.88. The molecule has 0 atom stereocenters. The molecule has 0 amide bonds. The van der Waals surface area contributed by atoms with E-state index in [0.717, 1.165) is 33.8 Å². The smallest absolute Gasteiger partial charge is 0.136 e. The van der Waals surface area contributed by atoms with Crippen molar-refractivity contribution in [3.63, 3.8) is 0 Å². The Morgan fingerprint density at radius 2 is 1.70 bits per heavy atom. The lowest BCUT2D eigenvalue weighted by atomic mass is 10.0. The van der Waals surface area contributed by atoms with E-state index in [2.05, 4.69) is 61.9 Å². The van der Waals surface area contributed by atoms with Gasteiger partial charge in [0.05, 0.1) is 15.6 Å². The molecular formula is C19H19ClN2S. The zero-order valence-corrected chi connectivity index (χ0v) is 15.3. The average molecular weight is 343 g/mol. The van der Waals surface area contributed by atoms with Crippen LogP contribution in [0, 0.1) is 20.8 Å². The van der Waals surface area contributed by atoms with Crippen LogP contribution in [0.15, 0.2) is 30.5 Å². The molecule has 3 aromatic rings. The fourth-order valence-corrected chi connectivity index (χ4v) is 3.97. The molecule has 118 valence electrons. The number of pyridine rings is 1. The third-order valence-corrected chi connectivity index (χ3v) is 5.43. The third kappa shape index (κ3) is 3.31. The number of hydrogen-bond acceptors (Lipinski definition) is 3. The van der Waals surface area contributed by atoms with Gasteiger partial charge in [0.15, 0.2) is 0 Å². The Balaban J connectivity index is 2.14. The van der Waals surface area contributed by atoms with Crippen molar-refractivity contribution in [1.29, 1.82) is 0 Å². The molecule has 1 aromatic carbocycles. The second-order valence-corrected chi connectivity index (χ2v) is 7.26. The molecule has 0 spiro atoms. The van der Waals surface area contributed by atoms with Crippen molar-refractivity contribution in [2.24, 2.45) is 0 Å². The number of rotatable bonds is 3. The first-order valence-electron chi connectivity index (χ1n) is 7.68. The Kier molecular flexibility index (Phi) is 4.51. The minimum Gasteiger partial charge on any atom is -0.246 e. The van der Waals surface area contributed by atoms with Crippen LogP contribution in [0.25, 0.3) is 21.6 Å². The van der Waals surface area contributed by atoms with Gasteiger partial charge in [-0.05, 0) is 38.8 Å². The standard InChI is InChI=1S/C19H19ClN2S/c1-5-17-22-13(4)18(23-17)15-9-16(19(20)21-10-15)14-7-11(2)6-12(3)8-14/h6-10H,5H2,1-4H3. The van der Waals surface area contributed by atoms with Gasteiger partial charge in [-0.15, -0.1) is 11.3 Å². The van der Waals surface area contributed by atoms with Gasteiger partial charge in [0.1, 0.15) is 5.15 Å². The van der Waals surface area contributed by atoms with Gasteiger partial charge in [-0.25, -0.2) is 9.97 Å². The number of hydrogen-bond donors (Lipinski definition) is 0. The molecule has 4 heteroatoms. The second-order valence-electron chi connectivity index (χ2n) is 5.81. The maximum absolute atomic E-state index is 6.37. The molecule has 0 radical (unpaired) electrons. The summed E-state index contributed by atoms with van der Waals surface area (Å²) in [5, 5.41) is 1.69. The Bertz CT molecular complexity index is 848. The molecule has 0 N–H and O–H groups in total. The number of benzene rings is 1. The normalized spacial score (nSPS) is 11.0. The van der Waals surface area contributed by atoms with Gasteiger partial charge >= 0.3 is 0 Å². The minimum atomic E-state index is 0.539. The van der Waals surface area contributed by atoms with Gasteiger partial charge in [0, 0.05) is 17.3 Å². The van der Waals surface area contributed by atoms with Crippen molar-refractivity contribution >= 4 is 22.9 Å². The van der Waals surface area contributed by atoms with Crippen LogP contribution in [-0.4, -0.2) is 9.97 Å². The van der Waals surface area contributed by atoms with Crippen LogP contribution in [-0.2, 0) is 6.42 Å². The maximum Gasteiger partial charge on any atom is 0.136 e. The summed E-state index contributed by atoms with van der Waals surface area (Å²) in [5.74, 6) is 0. The van der Waals surface area contributed by atoms with Gasteiger partial charge in [0.25, 0.3) is 0 Å². The van der Waals surface area contributed by atoms with E-state index in [1.54, 1.807) is 11.3 Å². The van der Waals surface area contributed by atoms with Crippen LogP contribution in [0.5, 0.6) is 0 Å². The van der Waals surface area contributed by atoms with E-state index in [0.29, 0.717) is 5.15 Å². The van der Waals surface area contributed by atoms with Crippen LogP contribution < -0.4 is 0 Å². The van der Waals surface area contributed by atoms with Crippen molar-refractivity contribution in [3.8, 4) is 21.6 Å². The number of aryl methyl sites for hydroxylation is 4. The predicted molar refractivity (Wildman–Crippen MR) is 99.4 cm³/mol. The Labute approximate surface area is 146 Å². The highest BCUT2D eigenvalue weighted by Gasteiger charge is 2.13. The molecule has 23 heavy (non-hydrogen) atoms. The Morgan fingerprint density at radius 1 is 1.00 bits per heavy atom. The van der Waals surface area contributed by atoms with Gasteiger partial charge in [-0.3, -0.25) is 0 Å². The van der Waals surface area contributed by atoms with E-state index in [1.807, 2.05) is 6.20 Å². The van der Waals surface area contributed by atoms with E-state index in [1.165, 1.54) is 16.0 Å². The van der Waals surface area contributed by atoms with Crippen LogP contribution in [0.2, 0.25) is 5.15 Å². The Hall–Kier alpha value is -1.71. The van der Waals surface area contributed by atoms with Crippen LogP contribution in [0.4, 0.5) is 0 Å². The highest BCUT2D eigenvalue weighted by molar-refractivity contribution is 7.15. The lowest BCUT2D eigenvalue weighted by Crippen LogP contribution is -1.88. The van der Waals surface area contributed by atoms with Crippen LogP contribution >= 0.6 is 22.9 Å². The van der Waals surface area contributed by atoms with Gasteiger partial charge in [-0.2, -0.15) is 0 Å². The van der Waals surface area contributed by atoms with Crippen molar-refractivity contribution in [1.82, 2.24) is 9.97 Å². The van der Waals surface area contributed by atoms with E-state index >= 15 is 0 Å². The number of thiazole rings is 1. The van der Waals surface area contributed by atoms with Crippen molar-refractivity contribution < 1.29 is 0 Å². The van der Waals surface area contributed by atoms with E-state index < -0.39 is 0 Å². The molecule has 2 nitrogen and oxygen atoms in total. The summed E-state index contributed by atoms with van der Waals surface area (Å²) in [7, 11) is 0. The van der Waals surface area contributed by atoms with Crippen LogP contribution in [0.1, 0.15) is 28.8 Å². The Morgan fingerprint density at radius 3 is 2.30 bits per heavy atom. The van der Waals surface area contributed by atoms with E-state index in [9.17, 15) is 0 Å².